The normalized spacial score (nSPS) is 12.8. The summed E-state index contributed by atoms with van der Waals surface area (Å²) < 4.78 is 4.92. The van der Waals surface area contributed by atoms with Gasteiger partial charge in [-0.25, -0.2) is 0 Å². The van der Waals surface area contributed by atoms with Crippen LogP contribution in [0, 0.1) is 0 Å². The molecule has 1 unspecified atom stereocenters. The summed E-state index contributed by atoms with van der Waals surface area (Å²) in [6.45, 7) is 1.77. The molecule has 12 heavy (non-hydrogen) atoms. The van der Waals surface area contributed by atoms with Crippen LogP contribution in [0.25, 0.3) is 0 Å². The van der Waals surface area contributed by atoms with E-state index >= 15 is 0 Å². The molecule has 1 aromatic heterocycles. The summed E-state index contributed by atoms with van der Waals surface area (Å²) in [4.78, 5) is 10.9. The molecule has 66 valence electrons. The molecule has 0 saturated heterocycles. The van der Waals surface area contributed by atoms with Crippen molar-refractivity contribution >= 4 is 0 Å². The highest BCUT2D eigenvalue weighted by atomic mass is 16.4. The predicted molar refractivity (Wildman–Crippen MR) is 44.0 cm³/mol. The predicted octanol–water partition coefficient (Wildman–Crippen LogP) is 0.235. The van der Waals surface area contributed by atoms with E-state index in [2.05, 4.69) is 0 Å². The quantitative estimate of drug-likeness (QED) is 0.664. The highest BCUT2D eigenvalue weighted by Gasteiger charge is 2.08. The Kier molecular flexibility index (Phi) is 2.50. The summed E-state index contributed by atoms with van der Waals surface area (Å²) in [5, 5.41) is 9.18. The summed E-state index contributed by atoms with van der Waals surface area (Å²) in [7, 11) is 0. The Morgan fingerprint density at radius 1 is 1.75 bits per heavy atom. The molecule has 0 spiro atoms. The van der Waals surface area contributed by atoms with Crippen LogP contribution in [0.5, 0.6) is 5.75 Å². The smallest absolute Gasteiger partial charge is 0.226 e. The minimum absolute atomic E-state index is 0.138. The fourth-order valence-electron chi connectivity index (χ4n) is 0.887. The number of aromatic hydroxyl groups is 1. The van der Waals surface area contributed by atoms with Gasteiger partial charge in [-0.15, -0.1) is 0 Å². The monoisotopic (exact) mass is 169 g/mol. The minimum atomic E-state index is -0.433. The van der Waals surface area contributed by atoms with Gasteiger partial charge in [0.15, 0.2) is 5.76 Å². The van der Waals surface area contributed by atoms with Crippen LogP contribution in [-0.4, -0.2) is 11.1 Å². The Balaban J connectivity index is 3.00. The van der Waals surface area contributed by atoms with Gasteiger partial charge in [0.1, 0.15) is 0 Å². The third-order valence-electron chi connectivity index (χ3n) is 1.43. The van der Waals surface area contributed by atoms with Gasteiger partial charge in [-0.1, -0.05) is 0 Å². The van der Waals surface area contributed by atoms with Gasteiger partial charge in [0, 0.05) is 18.5 Å². The van der Waals surface area contributed by atoms with Gasteiger partial charge in [-0.05, 0) is 6.92 Å². The van der Waals surface area contributed by atoms with Crippen LogP contribution in [0.4, 0.5) is 0 Å². The second kappa shape index (κ2) is 3.40. The van der Waals surface area contributed by atoms with E-state index in [0.29, 0.717) is 6.42 Å². The zero-order valence-electron chi connectivity index (χ0n) is 6.78. The van der Waals surface area contributed by atoms with Crippen molar-refractivity contribution in [2.24, 2.45) is 5.73 Å². The highest BCUT2D eigenvalue weighted by Crippen LogP contribution is 2.11. The molecule has 1 aromatic rings. The summed E-state index contributed by atoms with van der Waals surface area (Å²) in [6.07, 6.45) is 1.61. The van der Waals surface area contributed by atoms with Crippen molar-refractivity contribution < 1.29 is 9.52 Å². The molecule has 0 saturated carbocycles. The zero-order valence-corrected chi connectivity index (χ0v) is 6.78. The molecule has 0 aromatic carbocycles. The molecule has 3 N–H and O–H groups in total. The average Bonchev–Trinajstić information content (AvgIpc) is 1.98. The first-order chi connectivity index (χ1) is 5.61. The number of nitrogens with two attached hydrogens (primary N) is 1. The molecule has 0 aliphatic carbocycles. The average molecular weight is 169 g/mol. The van der Waals surface area contributed by atoms with Crippen LogP contribution in [0.2, 0.25) is 0 Å². The second-order valence-electron chi connectivity index (χ2n) is 2.74. The molecule has 4 heteroatoms. The van der Waals surface area contributed by atoms with Gasteiger partial charge in [0.2, 0.25) is 11.2 Å². The van der Waals surface area contributed by atoms with E-state index in [0.717, 1.165) is 0 Å². The fraction of sp³-hybridized carbons (Fsp3) is 0.375. The lowest BCUT2D eigenvalue weighted by Gasteiger charge is -2.04. The van der Waals surface area contributed by atoms with Gasteiger partial charge in [0.05, 0.1) is 6.26 Å². The topological polar surface area (TPSA) is 76.5 Å². The standard InChI is InChI=1S/C8H11NO3/c1-5(9)4-7-8(11)6(10)2-3-12-7/h2-3,5,11H,4,9H2,1H3. The van der Waals surface area contributed by atoms with Crippen molar-refractivity contribution in [3.05, 3.63) is 28.3 Å². The maximum atomic E-state index is 10.9. The third-order valence-corrected chi connectivity index (χ3v) is 1.43. The van der Waals surface area contributed by atoms with Gasteiger partial charge in [-0.3, -0.25) is 4.79 Å². The highest BCUT2D eigenvalue weighted by molar-refractivity contribution is 5.22. The maximum absolute atomic E-state index is 10.9. The van der Waals surface area contributed by atoms with E-state index in [4.69, 9.17) is 10.2 Å². The van der Waals surface area contributed by atoms with Crippen molar-refractivity contribution in [2.45, 2.75) is 19.4 Å². The maximum Gasteiger partial charge on any atom is 0.226 e. The summed E-state index contributed by atoms with van der Waals surface area (Å²) >= 11 is 0. The lowest BCUT2D eigenvalue weighted by Crippen LogP contribution is -2.18. The molecule has 0 radical (unpaired) electrons. The molecular formula is C8H11NO3. The number of hydrogen-bond acceptors (Lipinski definition) is 4. The largest absolute Gasteiger partial charge is 0.502 e. The van der Waals surface area contributed by atoms with E-state index in [-0.39, 0.29) is 17.6 Å². The third kappa shape index (κ3) is 1.85. The Labute approximate surface area is 69.6 Å². The lowest BCUT2D eigenvalue weighted by atomic mass is 10.2. The van der Waals surface area contributed by atoms with Gasteiger partial charge < -0.3 is 15.3 Å². The molecule has 1 rings (SSSR count). The molecule has 0 aliphatic rings. The summed E-state index contributed by atoms with van der Waals surface area (Å²) in [5.74, 6) is -0.0905. The van der Waals surface area contributed by atoms with Crippen molar-refractivity contribution in [3.63, 3.8) is 0 Å². The van der Waals surface area contributed by atoms with Crippen LogP contribution in [-0.2, 0) is 6.42 Å². The van der Waals surface area contributed by atoms with Crippen molar-refractivity contribution in [1.82, 2.24) is 0 Å². The fourth-order valence-corrected chi connectivity index (χ4v) is 0.887. The molecule has 0 aliphatic heterocycles. The molecule has 1 atom stereocenters. The van der Waals surface area contributed by atoms with E-state index in [1.807, 2.05) is 0 Å². The molecule has 0 fully saturated rings. The van der Waals surface area contributed by atoms with Crippen LogP contribution < -0.4 is 11.2 Å². The van der Waals surface area contributed by atoms with Crippen LogP contribution >= 0.6 is 0 Å². The van der Waals surface area contributed by atoms with Crippen LogP contribution in [0.15, 0.2) is 21.5 Å². The first kappa shape index (κ1) is 8.80. The van der Waals surface area contributed by atoms with Crippen LogP contribution in [0.3, 0.4) is 0 Å². The Morgan fingerprint density at radius 3 is 3.00 bits per heavy atom. The second-order valence-corrected chi connectivity index (χ2v) is 2.74. The molecule has 1 heterocycles. The Hall–Kier alpha value is -1.29. The zero-order chi connectivity index (χ0) is 9.14. The van der Waals surface area contributed by atoms with Gasteiger partial charge >= 0.3 is 0 Å². The van der Waals surface area contributed by atoms with Crippen molar-refractivity contribution in [1.29, 1.82) is 0 Å². The summed E-state index contributed by atoms with van der Waals surface area (Å²) in [6, 6.07) is 1.03. The lowest BCUT2D eigenvalue weighted by molar-refractivity contribution is 0.392. The minimum Gasteiger partial charge on any atom is -0.502 e. The Morgan fingerprint density at radius 2 is 2.42 bits per heavy atom. The van der Waals surface area contributed by atoms with Gasteiger partial charge in [-0.2, -0.15) is 0 Å². The number of rotatable bonds is 2. The summed E-state index contributed by atoms with van der Waals surface area (Å²) in [5.41, 5.74) is 5.04. The van der Waals surface area contributed by atoms with E-state index < -0.39 is 5.43 Å². The molecule has 0 amide bonds. The SMILES string of the molecule is CC(N)Cc1occc(=O)c1O. The van der Waals surface area contributed by atoms with Crippen molar-refractivity contribution in [2.75, 3.05) is 0 Å². The van der Waals surface area contributed by atoms with Crippen LogP contribution in [0.1, 0.15) is 12.7 Å². The molecule has 4 nitrogen and oxygen atoms in total. The molecular weight excluding hydrogens is 158 g/mol. The van der Waals surface area contributed by atoms with Crippen molar-refractivity contribution in [3.8, 4) is 5.75 Å². The molecule has 0 bridgehead atoms. The number of hydrogen-bond donors (Lipinski definition) is 2. The first-order valence-corrected chi connectivity index (χ1v) is 3.66. The van der Waals surface area contributed by atoms with E-state index in [1.54, 1.807) is 6.92 Å². The first-order valence-electron chi connectivity index (χ1n) is 3.66. The van der Waals surface area contributed by atoms with E-state index in [1.165, 1.54) is 12.3 Å². The Bertz CT molecular complexity index is 316. The van der Waals surface area contributed by atoms with E-state index in [9.17, 15) is 9.90 Å². The van der Waals surface area contributed by atoms with Gasteiger partial charge in [0.25, 0.3) is 0 Å².